The molecule has 20 heavy (non-hydrogen) atoms. The molecule has 0 radical (unpaired) electrons. The van der Waals surface area contributed by atoms with Crippen molar-refractivity contribution in [2.24, 2.45) is 0 Å². The van der Waals surface area contributed by atoms with Gasteiger partial charge in [-0.15, -0.1) is 0 Å². The highest BCUT2D eigenvalue weighted by molar-refractivity contribution is 5.69. The molecule has 0 aliphatic carbocycles. The summed E-state index contributed by atoms with van der Waals surface area (Å²) in [7, 11) is 5.56. The summed E-state index contributed by atoms with van der Waals surface area (Å²) in [4.78, 5) is 15.4. The highest BCUT2D eigenvalue weighted by Gasteiger charge is 2.19. The molecule has 2 rings (SSSR count). The van der Waals surface area contributed by atoms with Gasteiger partial charge in [0, 0.05) is 20.1 Å². The Kier molecular flexibility index (Phi) is 5.01. The summed E-state index contributed by atoms with van der Waals surface area (Å²) in [6, 6.07) is 8.47. The Morgan fingerprint density at radius 2 is 2.20 bits per heavy atom. The van der Waals surface area contributed by atoms with Crippen molar-refractivity contribution in [2.45, 2.75) is 31.7 Å². The Bertz CT molecular complexity index is 460. The molecule has 0 saturated carbocycles. The van der Waals surface area contributed by atoms with E-state index in [1.54, 1.807) is 14.1 Å². The molecule has 0 spiro atoms. The number of carbonyl (C=O) groups is 1. The molecule has 4 heteroatoms. The van der Waals surface area contributed by atoms with Crippen LogP contribution in [0.3, 0.4) is 0 Å². The zero-order valence-electron chi connectivity index (χ0n) is 12.6. The van der Waals surface area contributed by atoms with Gasteiger partial charge in [0.2, 0.25) is 0 Å². The van der Waals surface area contributed by atoms with Gasteiger partial charge in [-0.1, -0.05) is 18.6 Å². The lowest BCUT2D eigenvalue weighted by molar-refractivity contribution is 0.171. The van der Waals surface area contributed by atoms with E-state index >= 15 is 0 Å². The molecule has 1 fully saturated rings. The van der Waals surface area contributed by atoms with Crippen LogP contribution in [0.25, 0.3) is 0 Å². The summed E-state index contributed by atoms with van der Waals surface area (Å²) >= 11 is 0. The number of benzene rings is 1. The third-order valence-electron chi connectivity index (χ3n) is 3.86. The van der Waals surface area contributed by atoms with Crippen molar-refractivity contribution in [2.75, 3.05) is 27.7 Å². The number of likely N-dealkylation sites (N-methyl/N-ethyl adjacent to an activating group) is 1. The predicted octanol–water partition coefficient (Wildman–Crippen LogP) is 2.77. The quantitative estimate of drug-likeness (QED) is 0.851. The topological polar surface area (TPSA) is 32.8 Å². The molecular formula is C16H24N2O2. The molecule has 1 aliphatic heterocycles. The Morgan fingerprint density at radius 3 is 2.90 bits per heavy atom. The van der Waals surface area contributed by atoms with Crippen LogP contribution in [-0.4, -0.2) is 49.6 Å². The van der Waals surface area contributed by atoms with Crippen LogP contribution in [0.4, 0.5) is 4.79 Å². The van der Waals surface area contributed by atoms with Gasteiger partial charge in [-0.05, 0) is 50.6 Å². The minimum Gasteiger partial charge on any atom is -0.410 e. The maximum Gasteiger partial charge on any atom is 0.414 e. The van der Waals surface area contributed by atoms with Gasteiger partial charge in [-0.25, -0.2) is 4.79 Å². The number of rotatable bonds is 3. The number of amides is 1. The van der Waals surface area contributed by atoms with Gasteiger partial charge >= 0.3 is 6.09 Å². The van der Waals surface area contributed by atoms with Gasteiger partial charge in [0.15, 0.2) is 0 Å². The average Bonchev–Trinajstić information content (AvgIpc) is 2.42. The maximum atomic E-state index is 11.6. The number of hydrogen-bond acceptors (Lipinski definition) is 3. The standard InChI is InChI=1S/C16H24N2O2/c1-17(2)16(19)20-15-9-6-7-13(12-15)11-14-8-4-5-10-18(14)3/h6-7,9,12,14H,4-5,8,10-11H2,1-3H3. The molecule has 0 bridgehead atoms. The van der Waals surface area contributed by atoms with Crippen molar-refractivity contribution < 1.29 is 9.53 Å². The molecule has 110 valence electrons. The first-order chi connectivity index (χ1) is 9.56. The van der Waals surface area contributed by atoms with Crippen molar-refractivity contribution in [3.8, 4) is 5.75 Å². The normalized spacial score (nSPS) is 19.6. The third kappa shape index (κ3) is 3.97. The van der Waals surface area contributed by atoms with E-state index in [2.05, 4.69) is 18.0 Å². The fourth-order valence-corrected chi connectivity index (χ4v) is 2.60. The van der Waals surface area contributed by atoms with Gasteiger partial charge in [0.05, 0.1) is 0 Å². The lowest BCUT2D eigenvalue weighted by atomic mass is 9.96. The van der Waals surface area contributed by atoms with E-state index in [-0.39, 0.29) is 6.09 Å². The fraction of sp³-hybridized carbons (Fsp3) is 0.562. The second-order valence-electron chi connectivity index (χ2n) is 5.74. The van der Waals surface area contributed by atoms with Crippen LogP contribution >= 0.6 is 0 Å². The Hall–Kier alpha value is -1.55. The highest BCUT2D eigenvalue weighted by Crippen LogP contribution is 2.21. The summed E-state index contributed by atoms with van der Waals surface area (Å²) in [5, 5.41) is 0. The molecule has 0 N–H and O–H groups in total. The van der Waals surface area contributed by atoms with Gasteiger partial charge in [-0.2, -0.15) is 0 Å². The van der Waals surface area contributed by atoms with Crippen molar-refractivity contribution in [1.82, 2.24) is 9.80 Å². The van der Waals surface area contributed by atoms with Crippen LogP contribution in [0, 0.1) is 0 Å². The van der Waals surface area contributed by atoms with Crippen molar-refractivity contribution in [3.63, 3.8) is 0 Å². The first-order valence-electron chi connectivity index (χ1n) is 7.24. The van der Waals surface area contributed by atoms with Crippen LogP contribution in [0.1, 0.15) is 24.8 Å². The number of likely N-dealkylation sites (tertiary alicyclic amines) is 1. The van der Waals surface area contributed by atoms with Crippen LogP contribution in [0.5, 0.6) is 5.75 Å². The van der Waals surface area contributed by atoms with E-state index in [1.807, 2.05) is 18.2 Å². The smallest absolute Gasteiger partial charge is 0.410 e. The van der Waals surface area contributed by atoms with Gasteiger partial charge in [0.25, 0.3) is 0 Å². The minimum atomic E-state index is -0.336. The molecule has 1 aromatic carbocycles. The summed E-state index contributed by atoms with van der Waals surface area (Å²) in [5.74, 6) is 0.625. The molecule has 1 heterocycles. The van der Waals surface area contributed by atoms with E-state index < -0.39 is 0 Å². The number of hydrogen-bond donors (Lipinski definition) is 0. The summed E-state index contributed by atoms with van der Waals surface area (Å²) in [6.45, 7) is 1.18. The fourth-order valence-electron chi connectivity index (χ4n) is 2.60. The SMILES string of the molecule is CN(C)C(=O)Oc1cccc(CC2CCCCN2C)c1. The second-order valence-corrected chi connectivity index (χ2v) is 5.74. The first-order valence-corrected chi connectivity index (χ1v) is 7.24. The summed E-state index contributed by atoms with van der Waals surface area (Å²) < 4.78 is 5.31. The molecule has 1 amide bonds. The first kappa shape index (κ1) is 14.9. The van der Waals surface area contributed by atoms with E-state index in [4.69, 9.17) is 4.74 Å². The average molecular weight is 276 g/mol. The monoisotopic (exact) mass is 276 g/mol. The highest BCUT2D eigenvalue weighted by atomic mass is 16.6. The number of carbonyl (C=O) groups excluding carboxylic acids is 1. The lowest BCUT2D eigenvalue weighted by Gasteiger charge is -2.32. The zero-order chi connectivity index (χ0) is 14.5. The van der Waals surface area contributed by atoms with Gasteiger partial charge < -0.3 is 14.5 Å². The van der Waals surface area contributed by atoms with Crippen LogP contribution < -0.4 is 4.74 Å². The Labute approximate surface area is 121 Å². The van der Waals surface area contributed by atoms with Crippen LogP contribution in [0.2, 0.25) is 0 Å². The third-order valence-corrected chi connectivity index (χ3v) is 3.86. The molecule has 1 atom stereocenters. The molecular weight excluding hydrogens is 252 g/mol. The predicted molar refractivity (Wildman–Crippen MR) is 80.1 cm³/mol. The maximum absolute atomic E-state index is 11.6. The second kappa shape index (κ2) is 6.75. The lowest BCUT2D eigenvalue weighted by Crippen LogP contribution is -2.37. The molecule has 1 aliphatic rings. The molecule has 0 aromatic heterocycles. The van der Waals surface area contributed by atoms with E-state index in [0.717, 1.165) is 6.42 Å². The van der Waals surface area contributed by atoms with Crippen LogP contribution in [0.15, 0.2) is 24.3 Å². The number of nitrogens with zero attached hydrogens (tertiary/aromatic N) is 2. The summed E-state index contributed by atoms with van der Waals surface area (Å²) in [6.07, 6.45) is 4.54. The molecule has 1 aromatic rings. The van der Waals surface area contributed by atoms with E-state index in [0.29, 0.717) is 11.8 Å². The molecule has 1 unspecified atom stereocenters. The summed E-state index contributed by atoms with van der Waals surface area (Å²) in [5.41, 5.74) is 1.23. The largest absolute Gasteiger partial charge is 0.414 e. The van der Waals surface area contributed by atoms with E-state index in [1.165, 1.54) is 36.3 Å². The number of piperidine rings is 1. The van der Waals surface area contributed by atoms with Crippen molar-refractivity contribution >= 4 is 6.09 Å². The van der Waals surface area contributed by atoms with Crippen molar-refractivity contribution in [1.29, 1.82) is 0 Å². The number of ether oxygens (including phenoxy) is 1. The Morgan fingerprint density at radius 1 is 1.40 bits per heavy atom. The molecule has 4 nitrogen and oxygen atoms in total. The van der Waals surface area contributed by atoms with Gasteiger partial charge in [-0.3, -0.25) is 0 Å². The van der Waals surface area contributed by atoms with Gasteiger partial charge in [0.1, 0.15) is 5.75 Å². The zero-order valence-corrected chi connectivity index (χ0v) is 12.6. The minimum absolute atomic E-state index is 0.336. The van der Waals surface area contributed by atoms with E-state index in [9.17, 15) is 4.79 Å². The molecule has 1 saturated heterocycles. The van der Waals surface area contributed by atoms with Crippen molar-refractivity contribution in [3.05, 3.63) is 29.8 Å². The van der Waals surface area contributed by atoms with Crippen LogP contribution in [-0.2, 0) is 6.42 Å². The Balaban J connectivity index is 2.00.